The second kappa shape index (κ2) is 15.6. The van der Waals surface area contributed by atoms with Gasteiger partial charge < -0.3 is 4.90 Å². The van der Waals surface area contributed by atoms with E-state index in [9.17, 15) is 0 Å². The van der Waals surface area contributed by atoms with E-state index >= 15 is 0 Å². The van der Waals surface area contributed by atoms with E-state index in [0.717, 1.165) is 11.4 Å². The van der Waals surface area contributed by atoms with Crippen molar-refractivity contribution in [3.63, 3.8) is 0 Å². The summed E-state index contributed by atoms with van der Waals surface area (Å²) in [6.07, 6.45) is 0. The van der Waals surface area contributed by atoms with Gasteiger partial charge in [0.1, 0.15) is 0 Å². The number of hydrogen-bond donors (Lipinski definition) is 0. The molecule has 0 saturated carbocycles. The van der Waals surface area contributed by atoms with Gasteiger partial charge in [0.2, 0.25) is 0 Å². The van der Waals surface area contributed by atoms with Crippen LogP contribution in [0.3, 0.4) is 0 Å². The van der Waals surface area contributed by atoms with Crippen molar-refractivity contribution in [2.45, 2.75) is 43.9 Å². The number of rotatable bonds is 6. The van der Waals surface area contributed by atoms with E-state index in [0.29, 0.717) is 0 Å². The molecule has 4 aliphatic rings. The molecule has 0 atom stereocenters. The van der Waals surface area contributed by atoms with Crippen molar-refractivity contribution < 1.29 is 0 Å². The summed E-state index contributed by atoms with van der Waals surface area (Å²) in [5, 5.41) is 0. The molecule has 0 radical (unpaired) electrons. The first kappa shape index (κ1) is 42.9. The molecule has 0 aliphatic heterocycles. The predicted molar refractivity (Wildman–Crippen MR) is 309 cm³/mol. The van der Waals surface area contributed by atoms with Gasteiger partial charge in [0.05, 0.1) is 16.8 Å². The van der Waals surface area contributed by atoms with Gasteiger partial charge in [-0.15, -0.1) is 0 Å². The van der Waals surface area contributed by atoms with Gasteiger partial charge in [0.15, 0.2) is 0 Å². The Morgan fingerprint density at radius 1 is 0.257 bits per heavy atom. The van der Waals surface area contributed by atoms with Crippen LogP contribution in [0, 0.1) is 0 Å². The predicted octanol–water partition coefficient (Wildman–Crippen LogP) is 19.1. The van der Waals surface area contributed by atoms with Crippen molar-refractivity contribution in [3.8, 4) is 77.9 Å². The fourth-order valence-corrected chi connectivity index (χ4v) is 14.2. The molecule has 4 aliphatic carbocycles. The van der Waals surface area contributed by atoms with Crippen LogP contribution in [-0.4, -0.2) is 0 Å². The maximum atomic E-state index is 2.56. The number of nitrogens with zero attached hydrogens (tertiary/aromatic N) is 1. The summed E-state index contributed by atoms with van der Waals surface area (Å²) in [5.41, 5.74) is 31.4. The molecule has 350 valence electrons. The highest BCUT2D eigenvalue weighted by Gasteiger charge is 2.53. The highest BCUT2D eigenvalue weighted by atomic mass is 15.1. The summed E-state index contributed by atoms with van der Waals surface area (Å²) in [5.74, 6) is 0. The van der Waals surface area contributed by atoms with Crippen LogP contribution in [0.2, 0.25) is 0 Å². The van der Waals surface area contributed by atoms with E-state index in [1.807, 2.05) is 0 Å². The minimum absolute atomic E-state index is 0.242. The number of para-hydroxylation sites is 1. The van der Waals surface area contributed by atoms with Crippen molar-refractivity contribution in [3.05, 3.63) is 293 Å². The molecule has 0 heterocycles. The van der Waals surface area contributed by atoms with E-state index in [1.54, 1.807) is 0 Å². The molecule has 0 amide bonds. The Bertz CT molecular complexity index is 4090. The van der Waals surface area contributed by atoms with Crippen molar-refractivity contribution in [1.82, 2.24) is 0 Å². The lowest BCUT2D eigenvalue weighted by Gasteiger charge is -2.34. The molecule has 11 aromatic carbocycles. The summed E-state index contributed by atoms with van der Waals surface area (Å²) in [7, 11) is 0. The molecule has 0 unspecified atom stereocenters. The monoisotopic (exact) mass is 943 g/mol. The molecule has 0 fully saturated rings. The van der Waals surface area contributed by atoms with Crippen molar-refractivity contribution >= 4 is 17.1 Å². The van der Waals surface area contributed by atoms with Gasteiger partial charge in [-0.25, -0.2) is 0 Å². The molecule has 1 nitrogen and oxygen atoms in total. The fraction of sp³-hybridized carbons (Fsp3) is 0.0959. The summed E-state index contributed by atoms with van der Waals surface area (Å²) in [4.78, 5) is 2.56. The molecule has 0 aromatic heterocycles. The van der Waals surface area contributed by atoms with Crippen molar-refractivity contribution in [2.24, 2.45) is 0 Å². The van der Waals surface area contributed by atoms with Crippen LogP contribution in [0.5, 0.6) is 0 Å². The number of fused-ring (bicyclic) bond motifs is 17. The number of anilines is 3. The third-order valence-corrected chi connectivity index (χ3v) is 17.4. The van der Waals surface area contributed by atoms with E-state index in [2.05, 4.69) is 281 Å². The number of benzene rings is 11. The van der Waals surface area contributed by atoms with Crippen LogP contribution in [0.15, 0.2) is 249 Å². The fourth-order valence-electron chi connectivity index (χ4n) is 14.2. The average molecular weight is 944 g/mol. The zero-order valence-corrected chi connectivity index (χ0v) is 42.1. The summed E-state index contributed by atoms with van der Waals surface area (Å²) < 4.78 is 0. The number of hydrogen-bond acceptors (Lipinski definition) is 1. The average Bonchev–Trinajstić information content (AvgIpc) is 4.28. The Hall–Kier alpha value is -8.78. The zero-order valence-electron chi connectivity index (χ0n) is 42.1. The molecule has 0 N–H and O–H groups in total. The summed E-state index contributed by atoms with van der Waals surface area (Å²) in [6, 6.07) is 93.8. The zero-order chi connectivity index (χ0) is 49.5. The first-order valence-electron chi connectivity index (χ1n) is 26.3. The molecule has 11 aromatic rings. The SMILES string of the molecule is CC1(C)c2cc(-c3cc(-c4ccccc4)cc(N(c4ccccc4-c4ccccc4)c4cccc5c4C(C)(C)c4ccccc4-5)c3)ccc2-c2c1ccc1c2-c2ccccc2C12c1ccccc1-c1ccccc12. The van der Waals surface area contributed by atoms with Gasteiger partial charge in [0, 0.05) is 22.1 Å². The van der Waals surface area contributed by atoms with Crippen LogP contribution in [-0.2, 0) is 16.2 Å². The molecule has 0 bridgehead atoms. The Morgan fingerprint density at radius 3 is 1.41 bits per heavy atom. The third kappa shape index (κ3) is 5.76. The van der Waals surface area contributed by atoms with Gasteiger partial charge in [-0.1, -0.05) is 240 Å². The smallest absolute Gasteiger partial charge is 0.0725 e. The maximum absolute atomic E-state index is 2.56. The van der Waals surface area contributed by atoms with Gasteiger partial charge in [-0.2, -0.15) is 0 Å². The highest BCUT2D eigenvalue weighted by Crippen LogP contribution is 2.66. The van der Waals surface area contributed by atoms with E-state index in [1.165, 1.54) is 128 Å². The highest BCUT2D eigenvalue weighted by molar-refractivity contribution is 6.04. The lowest BCUT2D eigenvalue weighted by Crippen LogP contribution is -2.26. The minimum atomic E-state index is -0.392. The normalized spacial score (nSPS) is 14.8. The first-order chi connectivity index (χ1) is 36.2. The van der Waals surface area contributed by atoms with E-state index in [4.69, 9.17) is 0 Å². The molecule has 15 rings (SSSR count). The van der Waals surface area contributed by atoms with Gasteiger partial charge in [-0.05, 0) is 153 Å². The van der Waals surface area contributed by atoms with Crippen molar-refractivity contribution in [2.75, 3.05) is 4.90 Å². The second-order valence-electron chi connectivity index (χ2n) is 21.9. The summed E-state index contributed by atoms with van der Waals surface area (Å²) in [6.45, 7) is 9.68. The van der Waals surface area contributed by atoms with Gasteiger partial charge in [0.25, 0.3) is 0 Å². The lowest BCUT2D eigenvalue weighted by molar-refractivity contribution is 0.660. The molecular weight excluding hydrogens is 891 g/mol. The largest absolute Gasteiger partial charge is 0.309 e. The lowest BCUT2D eigenvalue weighted by atomic mass is 9.70. The second-order valence-corrected chi connectivity index (χ2v) is 21.9. The maximum Gasteiger partial charge on any atom is 0.0725 e. The Balaban J connectivity index is 0.956. The van der Waals surface area contributed by atoms with Gasteiger partial charge in [-0.3, -0.25) is 0 Å². The van der Waals surface area contributed by atoms with Crippen LogP contribution >= 0.6 is 0 Å². The van der Waals surface area contributed by atoms with Crippen LogP contribution in [0.1, 0.15) is 72.2 Å². The molecule has 1 spiro atoms. The van der Waals surface area contributed by atoms with Crippen molar-refractivity contribution in [1.29, 1.82) is 0 Å². The van der Waals surface area contributed by atoms with E-state index in [-0.39, 0.29) is 10.8 Å². The van der Waals surface area contributed by atoms with Crippen LogP contribution in [0.25, 0.3) is 77.9 Å². The third-order valence-electron chi connectivity index (χ3n) is 17.4. The minimum Gasteiger partial charge on any atom is -0.309 e. The van der Waals surface area contributed by atoms with Crippen LogP contribution < -0.4 is 4.90 Å². The quantitative estimate of drug-likeness (QED) is 0.161. The molecular formula is C73H53N. The molecule has 0 saturated heterocycles. The van der Waals surface area contributed by atoms with Crippen LogP contribution in [0.4, 0.5) is 17.1 Å². The molecule has 1 heteroatoms. The Kier molecular flexibility index (Phi) is 9.04. The Morgan fingerprint density at radius 2 is 0.730 bits per heavy atom. The van der Waals surface area contributed by atoms with E-state index < -0.39 is 5.41 Å². The topological polar surface area (TPSA) is 3.24 Å². The summed E-state index contributed by atoms with van der Waals surface area (Å²) >= 11 is 0. The molecule has 74 heavy (non-hydrogen) atoms. The Labute approximate surface area is 434 Å². The standard InChI is InChI=1S/C73H53N/c1-71(2)63-40-41-64-69(57-30-14-19-35-62(57)73(64)60-33-17-12-27-53(60)54-28-13-18-34-61(54)73)68(63)58-39-38-48(45-65(58)71)50-42-49(46-22-7-5-8-23-46)43-51(44-50)74(66-36-20-15-26-52(66)47-24-9-6-10-25-47)67-37-21-31-56-55-29-11-16-32-59(55)72(3,4)70(56)67/h5-45H,1-4H3. The first-order valence-corrected chi connectivity index (χ1v) is 26.3. The van der Waals surface area contributed by atoms with Gasteiger partial charge >= 0.3 is 0 Å².